The van der Waals surface area contributed by atoms with Crippen LogP contribution in [0.15, 0.2) is 18.2 Å². The van der Waals surface area contributed by atoms with E-state index in [1.54, 1.807) is 4.90 Å². The van der Waals surface area contributed by atoms with Gasteiger partial charge in [-0.2, -0.15) is 18.2 Å². The zero-order valence-electron chi connectivity index (χ0n) is 16.0. The summed E-state index contributed by atoms with van der Waals surface area (Å²) < 4.78 is 72.9. The van der Waals surface area contributed by atoms with Crippen molar-refractivity contribution in [2.45, 2.75) is 25.1 Å². The Kier molecular flexibility index (Phi) is 4.91. The van der Waals surface area contributed by atoms with Gasteiger partial charge in [0, 0.05) is 18.2 Å². The molecule has 1 unspecified atom stereocenters. The lowest BCUT2D eigenvalue weighted by Gasteiger charge is -2.40. The highest BCUT2D eigenvalue weighted by Gasteiger charge is 2.45. The van der Waals surface area contributed by atoms with Crippen molar-refractivity contribution in [2.75, 3.05) is 48.4 Å². The average molecular weight is 430 g/mol. The third-order valence-corrected chi connectivity index (χ3v) is 4.95. The van der Waals surface area contributed by atoms with Crippen LogP contribution in [0.25, 0.3) is 11.3 Å². The number of rotatable bonds is 3. The third kappa shape index (κ3) is 3.95. The van der Waals surface area contributed by atoms with E-state index < -0.39 is 30.9 Å². The van der Waals surface area contributed by atoms with Crippen LogP contribution in [-0.2, 0) is 10.9 Å². The van der Waals surface area contributed by atoms with Crippen molar-refractivity contribution in [2.24, 2.45) is 0 Å². The molecule has 2 aliphatic rings. The molecule has 2 fully saturated rings. The molecule has 12 heteroatoms. The van der Waals surface area contributed by atoms with Crippen LogP contribution in [-0.4, -0.2) is 59.8 Å². The maximum atomic E-state index is 13.6. The number of nitrogens with two attached hydrogens (primary N) is 1. The van der Waals surface area contributed by atoms with Crippen LogP contribution in [0.5, 0.6) is 0 Å². The monoisotopic (exact) mass is 430 g/mol. The summed E-state index contributed by atoms with van der Waals surface area (Å²) in [6, 6.07) is 3.55. The molecule has 1 atom stereocenters. The Morgan fingerprint density at radius 1 is 1.17 bits per heavy atom. The second kappa shape index (κ2) is 7.18. The summed E-state index contributed by atoms with van der Waals surface area (Å²) in [5.74, 6) is -2.87. The van der Waals surface area contributed by atoms with Gasteiger partial charge in [-0.1, -0.05) is 0 Å². The van der Waals surface area contributed by atoms with E-state index in [1.807, 2.05) is 6.92 Å². The molecular weight excluding hydrogens is 411 g/mol. The minimum atomic E-state index is -4.77. The number of hydrogen-bond donors (Lipinski definition) is 1. The Hall–Kier alpha value is -2.76. The molecular formula is C18H19F5N6O. The van der Waals surface area contributed by atoms with Gasteiger partial charge in [-0.05, 0) is 19.1 Å². The van der Waals surface area contributed by atoms with Crippen LogP contribution >= 0.6 is 0 Å². The fourth-order valence-corrected chi connectivity index (χ4v) is 3.45. The largest absolute Gasteiger partial charge is 0.434 e. The molecule has 162 valence electrons. The number of halogens is 5. The molecule has 2 aromatic rings. The summed E-state index contributed by atoms with van der Waals surface area (Å²) in [7, 11) is 0. The van der Waals surface area contributed by atoms with Gasteiger partial charge in [0.25, 0.3) is 5.92 Å². The quantitative estimate of drug-likeness (QED) is 0.750. The second-order valence-electron chi connectivity index (χ2n) is 7.37. The Morgan fingerprint density at radius 2 is 1.90 bits per heavy atom. The average Bonchev–Trinajstić information content (AvgIpc) is 2.65. The van der Waals surface area contributed by atoms with Gasteiger partial charge in [0.05, 0.1) is 38.0 Å². The van der Waals surface area contributed by atoms with Crippen molar-refractivity contribution < 1.29 is 26.7 Å². The van der Waals surface area contributed by atoms with Crippen LogP contribution in [0.4, 0.5) is 39.5 Å². The number of nitrogen functional groups attached to an aromatic ring is 1. The highest BCUT2D eigenvalue weighted by Crippen LogP contribution is 2.38. The van der Waals surface area contributed by atoms with Crippen LogP contribution in [0.2, 0.25) is 0 Å². The van der Waals surface area contributed by atoms with Crippen molar-refractivity contribution in [1.29, 1.82) is 0 Å². The Labute approximate surface area is 168 Å². The van der Waals surface area contributed by atoms with Crippen LogP contribution < -0.4 is 15.5 Å². The van der Waals surface area contributed by atoms with Gasteiger partial charge in [-0.15, -0.1) is 0 Å². The lowest BCUT2D eigenvalue weighted by molar-refractivity contribution is -0.140. The molecule has 30 heavy (non-hydrogen) atoms. The summed E-state index contributed by atoms with van der Waals surface area (Å²) >= 11 is 0. The predicted octanol–water partition coefficient (Wildman–Crippen LogP) is 2.82. The Morgan fingerprint density at radius 3 is 2.53 bits per heavy atom. The second-order valence-corrected chi connectivity index (χ2v) is 7.37. The van der Waals surface area contributed by atoms with Crippen molar-refractivity contribution >= 4 is 17.6 Å². The number of morpholine rings is 1. The topological polar surface area (TPSA) is 80.4 Å². The molecule has 2 aliphatic heterocycles. The predicted molar refractivity (Wildman–Crippen MR) is 99.5 cm³/mol. The fraction of sp³-hybridized carbons (Fsp3) is 0.500. The van der Waals surface area contributed by atoms with E-state index in [9.17, 15) is 22.0 Å². The number of aromatic nitrogens is 3. The Bertz CT molecular complexity index is 945. The summed E-state index contributed by atoms with van der Waals surface area (Å²) in [6.07, 6.45) is -4.77. The van der Waals surface area contributed by atoms with Gasteiger partial charge < -0.3 is 20.3 Å². The van der Waals surface area contributed by atoms with Crippen molar-refractivity contribution in [3.8, 4) is 11.3 Å². The van der Waals surface area contributed by atoms with Crippen LogP contribution in [0.1, 0.15) is 12.6 Å². The number of anilines is 3. The lowest BCUT2D eigenvalue weighted by atomic mass is 10.1. The first kappa shape index (κ1) is 20.5. The molecule has 0 radical (unpaired) electrons. The molecule has 7 nitrogen and oxygen atoms in total. The van der Waals surface area contributed by atoms with Crippen LogP contribution in [0.3, 0.4) is 0 Å². The first-order chi connectivity index (χ1) is 14.0. The molecule has 2 aromatic heterocycles. The van der Waals surface area contributed by atoms with Crippen molar-refractivity contribution in [3.63, 3.8) is 0 Å². The first-order valence-corrected chi connectivity index (χ1v) is 9.24. The van der Waals surface area contributed by atoms with E-state index in [2.05, 4.69) is 15.0 Å². The maximum absolute atomic E-state index is 13.6. The van der Waals surface area contributed by atoms with Crippen LogP contribution in [0, 0.1) is 0 Å². The van der Waals surface area contributed by atoms with Gasteiger partial charge in [0.1, 0.15) is 11.6 Å². The van der Waals surface area contributed by atoms with E-state index in [0.29, 0.717) is 19.8 Å². The number of nitrogens with zero attached hydrogens (tertiary/aromatic N) is 5. The standard InChI is InChI=1S/C18H19F5N6O/c1-10-7-30-5-4-29(10)16-25-12(6-14(27-16)28-8-17(19,20)9-28)11-2-3-13(24)26-15(11)18(21,22)23/h2-3,6,10H,4-5,7-9H2,1H3,(H2,24,26). The van der Waals surface area contributed by atoms with Gasteiger partial charge in [-0.3, -0.25) is 0 Å². The summed E-state index contributed by atoms with van der Waals surface area (Å²) in [5.41, 5.74) is 3.89. The van der Waals surface area contributed by atoms with E-state index in [0.717, 1.165) is 0 Å². The number of ether oxygens (including phenoxy) is 1. The minimum Gasteiger partial charge on any atom is -0.384 e. The highest BCUT2D eigenvalue weighted by atomic mass is 19.4. The zero-order chi connectivity index (χ0) is 21.7. The molecule has 0 bridgehead atoms. The SMILES string of the molecule is CC1COCCN1c1nc(-c2ccc(N)nc2C(F)(F)F)cc(N2CC(F)(F)C2)n1. The normalized spacial score (nSPS) is 21.5. The molecule has 4 heterocycles. The zero-order valence-corrected chi connectivity index (χ0v) is 16.0. The van der Waals surface area contributed by atoms with Crippen molar-refractivity contribution in [3.05, 3.63) is 23.9 Å². The first-order valence-electron chi connectivity index (χ1n) is 9.24. The lowest BCUT2D eigenvalue weighted by Crippen LogP contribution is -2.56. The molecule has 4 rings (SSSR count). The van der Waals surface area contributed by atoms with Gasteiger partial charge in [0.2, 0.25) is 5.95 Å². The maximum Gasteiger partial charge on any atom is 0.434 e. The van der Waals surface area contributed by atoms with Gasteiger partial charge in [0.15, 0.2) is 5.69 Å². The summed E-state index contributed by atoms with van der Waals surface area (Å²) in [6.45, 7) is 1.94. The summed E-state index contributed by atoms with van der Waals surface area (Å²) in [5, 5.41) is 0. The van der Waals surface area contributed by atoms with E-state index in [1.165, 1.54) is 23.1 Å². The summed E-state index contributed by atoms with van der Waals surface area (Å²) in [4.78, 5) is 15.2. The molecule has 0 aliphatic carbocycles. The molecule has 2 N–H and O–H groups in total. The number of pyridine rings is 1. The number of alkyl halides is 5. The van der Waals surface area contributed by atoms with Crippen molar-refractivity contribution in [1.82, 2.24) is 15.0 Å². The molecule has 2 saturated heterocycles. The van der Waals surface area contributed by atoms with E-state index in [4.69, 9.17) is 10.5 Å². The molecule has 0 spiro atoms. The van der Waals surface area contributed by atoms with E-state index in [-0.39, 0.29) is 34.9 Å². The van der Waals surface area contributed by atoms with Gasteiger partial charge in [-0.25, -0.2) is 18.7 Å². The fourth-order valence-electron chi connectivity index (χ4n) is 3.45. The Balaban J connectivity index is 1.83. The number of hydrogen-bond acceptors (Lipinski definition) is 7. The molecule has 0 amide bonds. The smallest absolute Gasteiger partial charge is 0.384 e. The molecule has 0 saturated carbocycles. The van der Waals surface area contributed by atoms with E-state index >= 15 is 0 Å². The molecule has 0 aromatic carbocycles. The minimum absolute atomic E-state index is 0.0660. The van der Waals surface area contributed by atoms with Gasteiger partial charge >= 0.3 is 6.18 Å². The highest BCUT2D eigenvalue weighted by molar-refractivity contribution is 5.69. The third-order valence-electron chi connectivity index (χ3n) is 4.95.